The lowest BCUT2D eigenvalue weighted by atomic mass is 9.56. The maximum absolute atomic E-state index is 12.7. The van der Waals surface area contributed by atoms with Gasteiger partial charge in [-0.25, -0.2) is 5.26 Å². The molecule has 0 heterocycles. The molecule has 0 aromatic heterocycles. The lowest BCUT2D eigenvalue weighted by Gasteiger charge is -2.53. The van der Waals surface area contributed by atoms with E-state index in [2.05, 4.69) is 136 Å². The van der Waals surface area contributed by atoms with Crippen LogP contribution in [0.4, 0.5) is 0 Å². The predicted octanol–water partition coefficient (Wildman–Crippen LogP) is 28.6. The Labute approximate surface area is 764 Å². The van der Waals surface area contributed by atoms with Gasteiger partial charge in [-0.05, 0) is 354 Å². The van der Waals surface area contributed by atoms with E-state index in [1.165, 1.54) is 135 Å². The van der Waals surface area contributed by atoms with Gasteiger partial charge < -0.3 is 38.4 Å². The van der Waals surface area contributed by atoms with Crippen LogP contribution in [0.2, 0.25) is 0 Å². The summed E-state index contributed by atoms with van der Waals surface area (Å²) in [6, 6.07) is 0. The summed E-state index contributed by atoms with van der Waals surface area (Å²) in [6.45, 7) is 72.4. The van der Waals surface area contributed by atoms with Gasteiger partial charge in [-0.3, -0.25) is 28.8 Å². The summed E-state index contributed by atoms with van der Waals surface area (Å²) in [6.07, 6.45) is 42.5. The first-order chi connectivity index (χ1) is 57.7. The fourth-order valence-electron chi connectivity index (χ4n) is 26.4. The summed E-state index contributed by atoms with van der Waals surface area (Å²) in [5, 5.41) is 21.0. The number of carbonyl (C=O) groups is 6. The standard InChI is InChI=1S/C22H40O3.C21H36O2.C19H34O2.C18H30O4.2C15H26O2/c1-8-19(2,3)18(23)25-15-22(24)17-12-9-11-16(17)20(4,5)13-10-14-21(22,6)7;1-8-19(3,4)18(22)23-21(7)12-11-15-17(20(15,5)6)16-13(2)9-10-14(16)21;1-5-7-8-9-18-10-13-19(14-11-18,15-12-18)21-16(20)17(3,4)6-2;1-8-16(3,4)15(19)21-14-13(11(2)22-20)12-9-10-18(14,7)17(12,5)6;1-6-10(2)13(16)17-12-9-11-7-8-15(12,5)14(11,3)4;1-4-15(2,3)14(16)17-13-11-7-5-8-12(13)10-6-9-11/h16-17,24H,8-15H2,1-7H3;13-17H,8-12H2,1-7H3;5-15H2,1-4H3;12-14,20H,2,8-10H2,1,3-7H3;10-12H,6-9H2,1-5H3;11-13H,4-10H2,1-3H3. The molecular formula is C110H192O15. The van der Waals surface area contributed by atoms with Crippen molar-refractivity contribution in [1.29, 1.82) is 0 Å². The molecule has 125 heavy (non-hydrogen) atoms. The Balaban J connectivity index is 0.000000187. The normalized spacial score (nSPS) is 37.0. The molecule has 0 aliphatic heterocycles. The third kappa shape index (κ3) is 22.0. The maximum atomic E-state index is 12.7. The van der Waals surface area contributed by atoms with Crippen LogP contribution in [0.3, 0.4) is 0 Å². The van der Waals surface area contributed by atoms with Crippen LogP contribution in [0.15, 0.2) is 12.3 Å². The largest absolute Gasteiger partial charge is 0.462 e. The van der Waals surface area contributed by atoms with Crippen LogP contribution >= 0.6 is 0 Å². The smallest absolute Gasteiger partial charge is 0.312 e. The topological polar surface area (TPSA) is 207 Å². The van der Waals surface area contributed by atoms with E-state index in [1.807, 2.05) is 96.9 Å². The highest BCUT2D eigenvalue weighted by Crippen LogP contribution is 2.73. The highest BCUT2D eigenvalue weighted by atomic mass is 17.1. The number of rotatable bonds is 25. The highest BCUT2D eigenvalue weighted by Gasteiger charge is 2.71. The van der Waals surface area contributed by atoms with Crippen LogP contribution in [-0.4, -0.2) is 87.9 Å². The molecule has 14 rings (SSSR count). The number of fused-ring (bicyclic) bond motifs is 13. The molecule has 0 aromatic rings. The summed E-state index contributed by atoms with van der Waals surface area (Å²) in [7, 11) is 0. The predicted molar refractivity (Wildman–Crippen MR) is 505 cm³/mol. The van der Waals surface area contributed by atoms with E-state index in [0.717, 1.165) is 132 Å². The second-order valence-electron chi connectivity index (χ2n) is 50.8. The first-order valence-electron chi connectivity index (χ1n) is 51.7. The zero-order valence-corrected chi connectivity index (χ0v) is 86.5. The SMILES string of the molecule is C=C(OO)C1C2CCC(C)(C1OC(=O)C(C)(C)CC)C2(C)C.CCC(C)(C)C(=O)OC1(C)CCC2C(C3C(C)CCC31)C2(C)C.CCC(C)(C)C(=O)OC1C2CCCC1CCC2.CCC(C)(C)C(=O)OCC1(O)C2CCCC2C(C)(C)CCCC1(C)C.CCC(C)C(=O)OC1CC2CCC1(C)C2(C)C.CCCCCC12CCC(OC(=O)C(C)(C)CC)(CC1)CC2. The Morgan fingerprint density at radius 2 is 0.960 bits per heavy atom. The number of aliphatic hydroxyl groups is 1. The van der Waals surface area contributed by atoms with E-state index < -0.39 is 16.4 Å². The summed E-state index contributed by atoms with van der Waals surface area (Å²) in [5.74, 6) is 6.76. The quantitative estimate of drug-likeness (QED) is 0.0218. The van der Waals surface area contributed by atoms with Gasteiger partial charge in [0.25, 0.3) is 0 Å². The summed E-state index contributed by atoms with van der Waals surface area (Å²) in [4.78, 5) is 78.9. The summed E-state index contributed by atoms with van der Waals surface area (Å²) in [5.41, 5.74) is -1.79. The number of ether oxygens (including phenoxy) is 6. The minimum absolute atomic E-state index is 0.00192. The van der Waals surface area contributed by atoms with Crippen LogP contribution in [0.25, 0.3) is 0 Å². The Hall–Kier alpha value is -3.72. The molecule has 0 saturated heterocycles. The van der Waals surface area contributed by atoms with Gasteiger partial charge in [0.2, 0.25) is 0 Å². The number of hydrogen-bond acceptors (Lipinski definition) is 15. The molecule has 15 heteroatoms. The molecule has 17 atom stereocenters. The Kier molecular flexibility index (Phi) is 34.3. The molecule has 722 valence electrons. The van der Waals surface area contributed by atoms with E-state index in [1.54, 1.807) is 0 Å². The Bertz CT molecular complexity index is 3580. The Morgan fingerprint density at radius 1 is 0.472 bits per heavy atom. The molecule has 14 fully saturated rings. The highest BCUT2D eigenvalue weighted by molar-refractivity contribution is 5.78. The molecule has 2 N–H and O–H groups in total. The molecule has 14 aliphatic carbocycles. The molecule has 15 nitrogen and oxygen atoms in total. The number of hydrogen-bond donors (Lipinski definition) is 2. The van der Waals surface area contributed by atoms with Crippen molar-refractivity contribution < 1.29 is 72.4 Å². The fourth-order valence-corrected chi connectivity index (χ4v) is 26.4. The van der Waals surface area contributed by atoms with Crippen LogP contribution in [0.1, 0.15) is 459 Å². The third-order valence-electron chi connectivity index (χ3n) is 40.1. The minimum atomic E-state index is -0.939. The van der Waals surface area contributed by atoms with Crippen molar-refractivity contribution in [2.75, 3.05) is 6.61 Å². The van der Waals surface area contributed by atoms with Gasteiger partial charge in [-0.2, -0.15) is 0 Å². The average Bonchev–Trinajstić information content (AvgIpc) is 1.53. The van der Waals surface area contributed by atoms with Gasteiger partial charge in [-0.15, -0.1) is 0 Å². The van der Waals surface area contributed by atoms with Crippen LogP contribution < -0.4 is 0 Å². The van der Waals surface area contributed by atoms with Crippen molar-refractivity contribution in [3.63, 3.8) is 0 Å². The van der Waals surface area contributed by atoms with Gasteiger partial charge in [0, 0.05) is 16.7 Å². The van der Waals surface area contributed by atoms with Crippen molar-refractivity contribution in [2.45, 2.75) is 494 Å². The molecule has 17 unspecified atom stereocenters. The molecule has 0 radical (unpaired) electrons. The lowest BCUT2D eigenvalue weighted by molar-refractivity contribution is -0.221. The van der Waals surface area contributed by atoms with Gasteiger partial charge in [0.15, 0.2) is 0 Å². The number of unbranched alkanes of at least 4 members (excludes halogenated alkanes) is 2. The Morgan fingerprint density at radius 3 is 1.46 bits per heavy atom. The van der Waals surface area contributed by atoms with Gasteiger partial charge in [0.1, 0.15) is 47.5 Å². The maximum Gasteiger partial charge on any atom is 0.312 e. The monoisotopic (exact) mass is 1750 g/mol. The van der Waals surface area contributed by atoms with Crippen molar-refractivity contribution in [3.8, 4) is 0 Å². The van der Waals surface area contributed by atoms with Crippen molar-refractivity contribution >= 4 is 35.8 Å². The van der Waals surface area contributed by atoms with Crippen LogP contribution in [0.5, 0.6) is 0 Å². The molecule has 14 saturated carbocycles. The van der Waals surface area contributed by atoms with Crippen LogP contribution in [-0.2, 0) is 62.1 Å². The molecule has 0 aromatic carbocycles. The van der Waals surface area contributed by atoms with Gasteiger partial charge in [-0.1, -0.05) is 203 Å². The average molecular weight is 1750 g/mol. The van der Waals surface area contributed by atoms with E-state index in [-0.39, 0.29) is 133 Å². The molecule has 0 spiro atoms. The molecule has 14 aliphatic rings. The second-order valence-corrected chi connectivity index (χ2v) is 50.8. The summed E-state index contributed by atoms with van der Waals surface area (Å²) < 4.78 is 35.7. The van der Waals surface area contributed by atoms with Gasteiger partial charge >= 0.3 is 35.8 Å². The zero-order valence-electron chi connectivity index (χ0n) is 86.5. The lowest BCUT2D eigenvalue weighted by Crippen LogP contribution is -2.58. The number of esters is 6. The first kappa shape index (κ1) is 107. The van der Waals surface area contributed by atoms with Crippen molar-refractivity contribution in [3.05, 3.63) is 12.3 Å². The van der Waals surface area contributed by atoms with E-state index in [4.69, 9.17) is 33.7 Å². The van der Waals surface area contributed by atoms with Crippen molar-refractivity contribution in [2.24, 2.45) is 147 Å². The zero-order chi connectivity index (χ0) is 94.1. The van der Waals surface area contributed by atoms with E-state index in [9.17, 15) is 33.9 Å². The molecule has 8 bridgehead atoms. The third-order valence-corrected chi connectivity index (χ3v) is 40.1. The second kappa shape index (κ2) is 40.2. The first-order valence-corrected chi connectivity index (χ1v) is 51.7. The minimum Gasteiger partial charge on any atom is -0.462 e. The molecule has 0 amide bonds. The van der Waals surface area contributed by atoms with Crippen LogP contribution in [0, 0.1) is 147 Å². The van der Waals surface area contributed by atoms with Gasteiger partial charge in [0.05, 0.1) is 38.9 Å². The number of carbonyl (C=O) groups excluding carboxylic acids is 6. The fraction of sp³-hybridized carbons (Fsp3) is 0.927. The van der Waals surface area contributed by atoms with Crippen molar-refractivity contribution in [1.82, 2.24) is 0 Å². The van der Waals surface area contributed by atoms with E-state index in [0.29, 0.717) is 51.6 Å². The summed E-state index contributed by atoms with van der Waals surface area (Å²) >= 11 is 0. The van der Waals surface area contributed by atoms with E-state index >= 15 is 0 Å². The molecular weight excluding hydrogens is 1560 g/mol.